The van der Waals surface area contributed by atoms with Gasteiger partial charge in [0.15, 0.2) is 0 Å². The summed E-state index contributed by atoms with van der Waals surface area (Å²) in [6.07, 6.45) is -0.396. The summed E-state index contributed by atoms with van der Waals surface area (Å²) < 4.78 is 0. The Morgan fingerprint density at radius 2 is 2.25 bits per heavy atom. The van der Waals surface area contributed by atoms with Gasteiger partial charge in [-0.25, -0.2) is 0 Å². The molecule has 0 aliphatic heterocycles. The maximum absolute atomic E-state index is 10.6. The molecule has 1 rings (SSSR count). The van der Waals surface area contributed by atoms with Gasteiger partial charge in [-0.1, -0.05) is 11.6 Å². The van der Waals surface area contributed by atoms with Gasteiger partial charge in [0.25, 0.3) is 5.69 Å². The summed E-state index contributed by atoms with van der Waals surface area (Å²) in [6.45, 7) is 0. The maximum atomic E-state index is 10.6. The van der Waals surface area contributed by atoms with E-state index in [-0.39, 0.29) is 16.1 Å². The SMILES string of the molecule is N#Cc1cc(CC(=O)O)cc([N+](=O)[O-])c1Cl. The lowest BCUT2D eigenvalue weighted by Crippen LogP contribution is -2.02. The van der Waals surface area contributed by atoms with Crippen molar-refractivity contribution >= 4 is 23.3 Å². The number of carbonyl (C=O) groups is 1. The van der Waals surface area contributed by atoms with Crippen LogP contribution in [0.3, 0.4) is 0 Å². The van der Waals surface area contributed by atoms with Crippen LogP contribution in [0.5, 0.6) is 0 Å². The molecule has 7 heteroatoms. The number of nitrogens with zero attached hydrogens (tertiary/aromatic N) is 2. The highest BCUT2D eigenvalue weighted by atomic mass is 35.5. The van der Waals surface area contributed by atoms with Gasteiger partial charge >= 0.3 is 5.97 Å². The Morgan fingerprint density at radius 1 is 1.62 bits per heavy atom. The number of aliphatic carboxylic acids is 1. The van der Waals surface area contributed by atoms with Gasteiger partial charge in [0.2, 0.25) is 0 Å². The Labute approximate surface area is 94.8 Å². The van der Waals surface area contributed by atoms with E-state index in [1.807, 2.05) is 0 Å². The van der Waals surface area contributed by atoms with Crippen molar-refractivity contribution in [2.45, 2.75) is 6.42 Å². The van der Waals surface area contributed by atoms with Crippen LogP contribution in [0.4, 0.5) is 5.69 Å². The van der Waals surface area contributed by atoms with E-state index >= 15 is 0 Å². The lowest BCUT2D eigenvalue weighted by Gasteiger charge is -2.01. The number of benzene rings is 1. The van der Waals surface area contributed by atoms with Crippen LogP contribution in [-0.2, 0) is 11.2 Å². The van der Waals surface area contributed by atoms with Gasteiger partial charge in [-0.05, 0) is 11.6 Å². The lowest BCUT2D eigenvalue weighted by atomic mass is 10.1. The molecule has 0 aliphatic carbocycles. The predicted octanol–water partition coefficient (Wildman–Crippen LogP) is 1.75. The van der Waals surface area contributed by atoms with Crippen LogP contribution in [-0.4, -0.2) is 16.0 Å². The van der Waals surface area contributed by atoms with E-state index in [4.69, 9.17) is 22.0 Å². The predicted molar refractivity (Wildman–Crippen MR) is 54.2 cm³/mol. The number of carboxylic acids is 1. The zero-order chi connectivity index (χ0) is 12.3. The topological polar surface area (TPSA) is 104 Å². The van der Waals surface area contributed by atoms with E-state index < -0.39 is 23.0 Å². The fourth-order valence-corrected chi connectivity index (χ4v) is 1.38. The molecule has 0 atom stereocenters. The zero-order valence-corrected chi connectivity index (χ0v) is 8.56. The average Bonchev–Trinajstić information content (AvgIpc) is 2.19. The molecule has 1 N–H and O–H groups in total. The molecular formula is C9H5ClN2O4. The fourth-order valence-electron chi connectivity index (χ4n) is 1.16. The lowest BCUT2D eigenvalue weighted by molar-refractivity contribution is -0.384. The Hall–Kier alpha value is -2.13. The highest BCUT2D eigenvalue weighted by molar-refractivity contribution is 6.33. The van der Waals surface area contributed by atoms with Crippen LogP contribution in [0, 0.1) is 21.4 Å². The minimum atomic E-state index is -1.14. The van der Waals surface area contributed by atoms with Crippen molar-refractivity contribution in [3.8, 4) is 6.07 Å². The van der Waals surface area contributed by atoms with Gasteiger partial charge in [0.1, 0.15) is 11.1 Å². The Balaban J connectivity index is 3.35. The molecule has 0 heterocycles. The van der Waals surface area contributed by atoms with Crippen molar-refractivity contribution in [3.05, 3.63) is 38.4 Å². The summed E-state index contributed by atoms with van der Waals surface area (Å²) in [6, 6.07) is 3.95. The fraction of sp³-hybridized carbons (Fsp3) is 0.111. The second-order valence-corrected chi connectivity index (χ2v) is 3.29. The molecule has 0 spiro atoms. The molecule has 1 aromatic carbocycles. The van der Waals surface area contributed by atoms with Gasteiger partial charge in [-0.3, -0.25) is 14.9 Å². The third kappa shape index (κ3) is 2.46. The maximum Gasteiger partial charge on any atom is 0.307 e. The number of halogens is 1. The molecule has 0 aliphatic rings. The largest absolute Gasteiger partial charge is 0.481 e. The minimum Gasteiger partial charge on any atom is -0.481 e. The number of rotatable bonds is 3. The van der Waals surface area contributed by atoms with Crippen molar-refractivity contribution in [1.29, 1.82) is 5.26 Å². The van der Waals surface area contributed by atoms with Crippen molar-refractivity contribution in [1.82, 2.24) is 0 Å². The van der Waals surface area contributed by atoms with E-state index in [9.17, 15) is 14.9 Å². The Bertz CT molecular complexity index is 507. The first kappa shape index (κ1) is 11.9. The van der Waals surface area contributed by atoms with Gasteiger partial charge < -0.3 is 5.11 Å². The van der Waals surface area contributed by atoms with Crippen LogP contribution < -0.4 is 0 Å². The highest BCUT2D eigenvalue weighted by Gasteiger charge is 2.18. The second-order valence-electron chi connectivity index (χ2n) is 2.92. The first-order valence-corrected chi connectivity index (χ1v) is 4.42. The molecule has 0 bridgehead atoms. The van der Waals surface area contributed by atoms with Crippen LogP contribution in [0.25, 0.3) is 0 Å². The van der Waals surface area contributed by atoms with Crippen LogP contribution in [0.15, 0.2) is 12.1 Å². The smallest absolute Gasteiger partial charge is 0.307 e. The molecule has 0 amide bonds. The molecule has 1 aromatic rings. The van der Waals surface area contributed by atoms with Gasteiger partial charge in [-0.15, -0.1) is 0 Å². The van der Waals surface area contributed by atoms with E-state index in [2.05, 4.69) is 0 Å². The monoisotopic (exact) mass is 240 g/mol. The summed E-state index contributed by atoms with van der Waals surface area (Å²) in [5, 5.41) is 27.5. The first-order valence-electron chi connectivity index (χ1n) is 4.04. The van der Waals surface area contributed by atoms with Crippen molar-refractivity contribution < 1.29 is 14.8 Å². The van der Waals surface area contributed by atoms with Crippen LogP contribution in [0.1, 0.15) is 11.1 Å². The minimum absolute atomic E-state index is 0.105. The molecule has 0 aromatic heterocycles. The Kier molecular flexibility index (Phi) is 3.43. The molecule has 82 valence electrons. The van der Waals surface area contributed by atoms with Crippen LogP contribution in [0.2, 0.25) is 5.02 Å². The number of hydrogen-bond acceptors (Lipinski definition) is 4. The summed E-state index contributed by atoms with van der Waals surface area (Å²) in [7, 11) is 0. The molecule has 0 radical (unpaired) electrons. The van der Waals surface area contributed by atoms with E-state index in [0.29, 0.717) is 0 Å². The summed E-state index contributed by atoms with van der Waals surface area (Å²) in [4.78, 5) is 20.3. The summed E-state index contributed by atoms with van der Waals surface area (Å²) in [5.41, 5.74) is -0.399. The standard InChI is InChI=1S/C9H5ClN2O4/c10-9-6(4-11)1-5(3-8(13)14)2-7(9)12(15)16/h1-2H,3H2,(H,13,14). The number of nitriles is 1. The van der Waals surface area contributed by atoms with E-state index in [0.717, 1.165) is 6.07 Å². The zero-order valence-electron chi connectivity index (χ0n) is 7.81. The third-order valence-corrected chi connectivity index (χ3v) is 2.18. The second kappa shape index (κ2) is 4.59. The normalized spacial score (nSPS) is 9.50. The quantitative estimate of drug-likeness (QED) is 0.640. The Morgan fingerprint density at radius 3 is 2.69 bits per heavy atom. The molecule has 0 saturated carbocycles. The molecule has 16 heavy (non-hydrogen) atoms. The van der Waals surface area contributed by atoms with Crippen molar-refractivity contribution in [3.63, 3.8) is 0 Å². The van der Waals surface area contributed by atoms with Gasteiger partial charge in [-0.2, -0.15) is 5.26 Å². The van der Waals surface area contributed by atoms with Crippen molar-refractivity contribution in [2.75, 3.05) is 0 Å². The van der Waals surface area contributed by atoms with Crippen LogP contribution >= 0.6 is 11.6 Å². The third-order valence-electron chi connectivity index (χ3n) is 1.79. The van der Waals surface area contributed by atoms with Gasteiger partial charge in [0.05, 0.1) is 16.9 Å². The summed E-state index contributed by atoms with van der Waals surface area (Å²) >= 11 is 5.60. The average molecular weight is 241 g/mol. The molecular weight excluding hydrogens is 236 g/mol. The number of hydrogen-bond donors (Lipinski definition) is 1. The van der Waals surface area contributed by atoms with Gasteiger partial charge in [0, 0.05) is 6.07 Å². The number of nitro groups is 1. The molecule has 0 saturated heterocycles. The van der Waals surface area contributed by atoms with E-state index in [1.54, 1.807) is 6.07 Å². The molecule has 0 fully saturated rings. The molecule has 6 nitrogen and oxygen atoms in total. The first-order chi connectivity index (χ1) is 7.45. The number of nitro benzene ring substituents is 1. The molecule has 0 unspecified atom stereocenters. The summed E-state index contributed by atoms with van der Waals surface area (Å²) in [5.74, 6) is -1.14. The number of carboxylic acid groups (broad SMARTS) is 1. The van der Waals surface area contributed by atoms with E-state index in [1.165, 1.54) is 6.07 Å². The van der Waals surface area contributed by atoms with Crippen molar-refractivity contribution in [2.24, 2.45) is 0 Å². The highest BCUT2D eigenvalue weighted by Crippen LogP contribution is 2.29.